The van der Waals surface area contributed by atoms with Gasteiger partial charge in [0, 0.05) is 0 Å². The Morgan fingerprint density at radius 1 is 0.481 bits per heavy atom. The summed E-state index contributed by atoms with van der Waals surface area (Å²) in [4.78, 5) is 0. The van der Waals surface area contributed by atoms with Crippen LogP contribution < -0.4 is 5.32 Å². The zero-order chi connectivity index (χ0) is 20.4. The number of nitrogens with one attached hydrogen (secondary N) is 1. The van der Waals surface area contributed by atoms with Gasteiger partial charge in [-0.1, -0.05) is 0 Å². The van der Waals surface area contributed by atoms with Gasteiger partial charge in [-0.05, 0) is 0 Å². The van der Waals surface area contributed by atoms with Crippen LogP contribution in [0.15, 0.2) is 0 Å². The molecule has 0 aliphatic rings. The molecule has 0 aromatic carbocycles. The molecule has 1 N–H and O–H groups in total. The summed E-state index contributed by atoms with van der Waals surface area (Å²) < 4.78 is 35.5. The molecule has 0 atom stereocenters. The van der Waals surface area contributed by atoms with Crippen LogP contribution in [0.25, 0.3) is 0 Å². The third-order valence-corrected chi connectivity index (χ3v) is 11.6. The van der Waals surface area contributed by atoms with Crippen molar-refractivity contribution in [2.45, 2.75) is 66.5 Å². The van der Waals surface area contributed by atoms with Crippen molar-refractivity contribution >= 4 is 17.6 Å². The van der Waals surface area contributed by atoms with E-state index >= 15 is 0 Å². The van der Waals surface area contributed by atoms with E-state index in [1.54, 1.807) is 0 Å². The maximum atomic E-state index is 5.92. The third-order valence-electron chi connectivity index (χ3n) is 4.35. The van der Waals surface area contributed by atoms with Gasteiger partial charge in [0.05, 0.1) is 0 Å². The molecule has 0 aromatic heterocycles. The molecule has 0 heterocycles. The van der Waals surface area contributed by atoms with E-state index in [9.17, 15) is 0 Å². The van der Waals surface area contributed by atoms with Gasteiger partial charge in [-0.2, -0.15) is 0 Å². The zero-order valence-corrected chi connectivity index (χ0v) is 20.9. The van der Waals surface area contributed by atoms with E-state index in [0.717, 1.165) is 38.0 Å². The van der Waals surface area contributed by atoms with Crippen LogP contribution in [0.3, 0.4) is 0 Å². The molecule has 168 valence electrons. The van der Waals surface area contributed by atoms with Crippen molar-refractivity contribution in [3.63, 3.8) is 0 Å². The molecule has 0 rings (SSSR count). The number of rotatable bonds is 20. The van der Waals surface area contributed by atoms with Crippen LogP contribution in [-0.4, -0.2) is 70.3 Å². The van der Waals surface area contributed by atoms with Crippen LogP contribution in [0.2, 0.25) is 12.1 Å². The molecule has 0 radical (unpaired) electrons. The van der Waals surface area contributed by atoms with Gasteiger partial charge in [-0.15, -0.1) is 0 Å². The first-order chi connectivity index (χ1) is 13.1. The minimum absolute atomic E-state index is 0.637. The van der Waals surface area contributed by atoms with Crippen LogP contribution in [-0.2, 0) is 26.6 Å². The number of hydrogen-bond donors (Lipinski definition) is 1. The Kier molecular flexibility index (Phi) is 17.1. The van der Waals surface area contributed by atoms with Crippen molar-refractivity contribution in [2.24, 2.45) is 0 Å². The standard InChI is InChI=1S/C18H45NO6Si2/c1-7-20-26(21-8-2,22-9-3)17-13-15-19-16-14-18-27(23-10-4,24-11-5)25-12-6/h19,26-27H,7-18H2,1-6H3/q-2. The summed E-state index contributed by atoms with van der Waals surface area (Å²) in [7, 11) is -5.68. The molecule has 0 unspecified atom stereocenters. The van der Waals surface area contributed by atoms with Gasteiger partial charge >= 0.3 is 169 Å². The molecular formula is C18H45NO6Si2-2. The van der Waals surface area contributed by atoms with E-state index in [1.807, 2.05) is 41.5 Å². The van der Waals surface area contributed by atoms with Crippen LogP contribution in [0, 0.1) is 0 Å². The van der Waals surface area contributed by atoms with Crippen molar-refractivity contribution in [1.82, 2.24) is 5.32 Å². The second-order valence-corrected chi connectivity index (χ2v) is 12.7. The molecule has 27 heavy (non-hydrogen) atoms. The normalized spacial score (nSPS) is 13.9. The van der Waals surface area contributed by atoms with Crippen molar-refractivity contribution in [2.75, 3.05) is 52.7 Å². The molecule has 0 spiro atoms. The van der Waals surface area contributed by atoms with E-state index in [4.69, 9.17) is 26.6 Å². The fourth-order valence-electron chi connectivity index (χ4n) is 3.39. The van der Waals surface area contributed by atoms with Crippen molar-refractivity contribution < 1.29 is 26.6 Å². The zero-order valence-electron chi connectivity index (χ0n) is 18.6. The molecule has 0 bridgehead atoms. The van der Waals surface area contributed by atoms with E-state index < -0.39 is 17.6 Å². The molecule has 0 saturated heterocycles. The van der Waals surface area contributed by atoms with Gasteiger partial charge in [0.2, 0.25) is 0 Å². The molecule has 7 nitrogen and oxygen atoms in total. The Labute approximate surface area is 169 Å². The Morgan fingerprint density at radius 3 is 0.963 bits per heavy atom. The van der Waals surface area contributed by atoms with Crippen molar-refractivity contribution in [3.05, 3.63) is 0 Å². The van der Waals surface area contributed by atoms with Gasteiger partial charge in [-0.3, -0.25) is 0 Å². The summed E-state index contributed by atoms with van der Waals surface area (Å²) in [5, 5.41) is 3.50. The second kappa shape index (κ2) is 17.0. The average molecular weight is 428 g/mol. The SMILES string of the molecule is CCO[SiH-](CCCNCCC[SiH-](OCC)(OCC)OCC)(OCC)OCC. The Balaban J connectivity index is 4.24. The first-order valence-electron chi connectivity index (χ1n) is 10.9. The monoisotopic (exact) mass is 427 g/mol. The fourth-order valence-corrected chi connectivity index (χ4v) is 9.42. The predicted molar refractivity (Wildman–Crippen MR) is 116 cm³/mol. The second-order valence-electron chi connectivity index (χ2n) is 6.34. The van der Waals surface area contributed by atoms with Gasteiger partial charge in [0.15, 0.2) is 0 Å². The number of hydrogen-bond acceptors (Lipinski definition) is 7. The van der Waals surface area contributed by atoms with Crippen molar-refractivity contribution in [3.8, 4) is 0 Å². The first-order valence-corrected chi connectivity index (χ1v) is 15.4. The van der Waals surface area contributed by atoms with E-state index in [0.29, 0.717) is 39.6 Å². The van der Waals surface area contributed by atoms with Gasteiger partial charge in [0.25, 0.3) is 0 Å². The molecule has 0 saturated carbocycles. The average Bonchev–Trinajstić information content (AvgIpc) is 2.62. The first kappa shape index (κ1) is 27.2. The van der Waals surface area contributed by atoms with Crippen LogP contribution in [0.4, 0.5) is 0 Å². The molecule has 0 aliphatic heterocycles. The van der Waals surface area contributed by atoms with Crippen molar-refractivity contribution in [1.29, 1.82) is 0 Å². The molecule has 0 aromatic rings. The molecule has 9 heteroatoms. The molecule has 0 fully saturated rings. The summed E-state index contributed by atoms with van der Waals surface area (Å²) in [6.45, 7) is 17.6. The van der Waals surface area contributed by atoms with Gasteiger partial charge in [0.1, 0.15) is 0 Å². The van der Waals surface area contributed by atoms with Gasteiger partial charge < -0.3 is 0 Å². The summed E-state index contributed by atoms with van der Waals surface area (Å²) in [6, 6.07) is 1.74. The molecule has 0 aliphatic carbocycles. The van der Waals surface area contributed by atoms with E-state index in [2.05, 4.69) is 5.32 Å². The molecule has 0 amide bonds. The third kappa shape index (κ3) is 11.7. The van der Waals surface area contributed by atoms with Crippen LogP contribution >= 0.6 is 0 Å². The quantitative estimate of drug-likeness (QED) is 0.237. The Bertz CT molecular complexity index is 275. The topological polar surface area (TPSA) is 67.4 Å². The summed E-state index contributed by atoms with van der Waals surface area (Å²) in [5.74, 6) is 0. The Hall–Kier alpha value is 0.154. The summed E-state index contributed by atoms with van der Waals surface area (Å²) >= 11 is 0. The molecular weight excluding hydrogens is 382 g/mol. The predicted octanol–water partition coefficient (Wildman–Crippen LogP) is 2.92. The minimum atomic E-state index is -2.84. The Morgan fingerprint density at radius 2 is 0.741 bits per heavy atom. The van der Waals surface area contributed by atoms with Crippen LogP contribution in [0.1, 0.15) is 54.4 Å². The van der Waals surface area contributed by atoms with E-state index in [-0.39, 0.29) is 0 Å². The fraction of sp³-hybridized carbons (Fsp3) is 1.00. The summed E-state index contributed by atoms with van der Waals surface area (Å²) in [6.07, 6.45) is 1.97. The van der Waals surface area contributed by atoms with Gasteiger partial charge in [-0.25, -0.2) is 0 Å². The summed E-state index contributed by atoms with van der Waals surface area (Å²) in [5.41, 5.74) is 0. The van der Waals surface area contributed by atoms with E-state index in [1.165, 1.54) is 0 Å². The maximum absolute atomic E-state index is 5.92. The van der Waals surface area contributed by atoms with Crippen LogP contribution in [0.5, 0.6) is 0 Å².